The van der Waals surface area contributed by atoms with Gasteiger partial charge in [-0.05, 0) is 18.1 Å². The molecule has 21 heavy (non-hydrogen) atoms. The van der Waals surface area contributed by atoms with Crippen LogP contribution < -0.4 is 10.2 Å². The van der Waals surface area contributed by atoms with Crippen molar-refractivity contribution < 1.29 is 4.79 Å². The molecule has 1 aliphatic heterocycles. The summed E-state index contributed by atoms with van der Waals surface area (Å²) in [6.45, 7) is 4.14. The van der Waals surface area contributed by atoms with Crippen molar-refractivity contribution in [2.75, 3.05) is 24.5 Å². The van der Waals surface area contributed by atoms with Crippen LogP contribution in [0.1, 0.15) is 18.9 Å². The number of nitrogens with one attached hydrogen (secondary N) is 1. The third-order valence-corrected chi connectivity index (χ3v) is 4.32. The van der Waals surface area contributed by atoms with E-state index in [0.717, 1.165) is 24.3 Å². The summed E-state index contributed by atoms with van der Waals surface area (Å²) >= 11 is 12.5. The van der Waals surface area contributed by atoms with Crippen LogP contribution in [0.3, 0.4) is 0 Å². The summed E-state index contributed by atoms with van der Waals surface area (Å²) in [6.07, 6.45) is 3.02. The van der Waals surface area contributed by atoms with Gasteiger partial charge in [-0.3, -0.25) is 9.20 Å². The number of hydrogen-bond donors (Lipinski definition) is 1. The summed E-state index contributed by atoms with van der Waals surface area (Å²) in [4.78, 5) is 17.9. The zero-order chi connectivity index (χ0) is 15.0. The van der Waals surface area contributed by atoms with E-state index in [9.17, 15) is 4.79 Å². The van der Waals surface area contributed by atoms with Gasteiger partial charge in [-0.2, -0.15) is 0 Å². The molecule has 1 aliphatic rings. The van der Waals surface area contributed by atoms with Gasteiger partial charge < -0.3 is 10.2 Å². The number of rotatable bonds is 2. The van der Waals surface area contributed by atoms with Gasteiger partial charge in [0.25, 0.3) is 0 Å². The van der Waals surface area contributed by atoms with Crippen molar-refractivity contribution in [3.05, 3.63) is 28.1 Å². The number of anilines is 1. The Hall–Kier alpha value is -1.46. The van der Waals surface area contributed by atoms with E-state index in [1.807, 2.05) is 10.5 Å². The van der Waals surface area contributed by atoms with Crippen LogP contribution in [0.25, 0.3) is 5.52 Å². The number of imidazole rings is 1. The highest BCUT2D eigenvalue weighted by Gasteiger charge is 2.21. The second-order valence-corrected chi connectivity index (χ2v) is 5.80. The number of pyridine rings is 1. The molecule has 1 N–H and O–H groups in total. The number of halogens is 2. The van der Waals surface area contributed by atoms with Gasteiger partial charge in [0.2, 0.25) is 5.91 Å². The lowest BCUT2D eigenvalue weighted by atomic mass is 10.1. The van der Waals surface area contributed by atoms with Crippen LogP contribution in [0.5, 0.6) is 0 Å². The second-order valence-electron chi connectivity index (χ2n) is 5.04. The summed E-state index contributed by atoms with van der Waals surface area (Å²) in [5.41, 5.74) is 1.84. The van der Waals surface area contributed by atoms with E-state index in [-0.39, 0.29) is 5.91 Å². The molecule has 1 saturated heterocycles. The fraction of sp³-hybridized carbons (Fsp3) is 0.429. The first kappa shape index (κ1) is 14.5. The maximum atomic E-state index is 11.5. The van der Waals surface area contributed by atoms with Crippen molar-refractivity contribution in [2.24, 2.45) is 0 Å². The molecule has 0 aromatic carbocycles. The fourth-order valence-electron chi connectivity index (χ4n) is 2.74. The smallest absolute Gasteiger partial charge is 0.221 e. The van der Waals surface area contributed by atoms with Gasteiger partial charge in [0.15, 0.2) is 5.15 Å². The van der Waals surface area contributed by atoms with Crippen molar-refractivity contribution in [2.45, 2.75) is 19.8 Å². The molecule has 3 rings (SSSR count). The van der Waals surface area contributed by atoms with E-state index in [1.165, 1.54) is 0 Å². The average molecular weight is 327 g/mol. The largest absolute Gasteiger partial charge is 0.355 e. The Morgan fingerprint density at radius 2 is 2.19 bits per heavy atom. The van der Waals surface area contributed by atoms with Gasteiger partial charge in [-0.1, -0.05) is 30.1 Å². The van der Waals surface area contributed by atoms with Crippen molar-refractivity contribution in [3.63, 3.8) is 0 Å². The Morgan fingerprint density at radius 3 is 2.95 bits per heavy atom. The Bertz CT molecular complexity index is 698. The molecule has 0 bridgehead atoms. The van der Waals surface area contributed by atoms with E-state index in [2.05, 4.69) is 22.1 Å². The summed E-state index contributed by atoms with van der Waals surface area (Å²) in [5.74, 6) is 1.11. The van der Waals surface area contributed by atoms with Gasteiger partial charge in [0.1, 0.15) is 17.7 Å². The monoisotopic (exact) mass is 326 g/mol. The number of amides is 1. The lowest BCUT2D eigenvalue weighted by molar-refractivity contribution is -0.120. The van der Waals surface area contributed by atoms with Crippen molar-refractivity contribution in [3.8, 4) is 0 Å². The van der Waals surface area contributed by atoms with Crippen molar-refractivity contribution in [1.29, 1.82) is 0 Å². The Kier molecular flexibility index (Phi) is 3.95. The first-order chi connectivity index (χ1) is 10.1. The SMILES string of the molecule is CCc1cc(Cl)c2c(Cl)ncn2c1N1CCNC(=O)CC1. The lowest BCUT2D eigenvalue weighted by Gasteiger charge is -2.26. The van der Waals surface area contributed by atoms with Gasteiger partial charge in [-0.15, -0.1) is 0 Å². The highest BCUT2D eigenvalue weighted by Crippen LogP contribution is 2.33. The molecule has 1 amide bonds. The number of aryl methyl sites for hydroxylation is 1. The van der Waals surface area contributed by atoms with Crippen LogP contribution in [-0.2, 0) is 11.2 Å². The minimum absolute atomic E-state index is 0.0874. The highest BCUT2D eigenvalue weighted by molar-refractivity contribution is 6.39. The number of carbonyl (C=O) groups is 1. The second kappa shape index (κ2) is 5.73. The predicted molar refractivity (Wildman–Crippen MR) is 84.4 cm³/mol. The topological polar surface area (TPSA) is 49.6 Å². The van der Waals surface area contributed by atoms with E-state index in [1.54, 1.807) is 6.33 Å². The molecule has 0 radical (unpaired) electrons. The maximum Gasteiger partial charge on any atom is 0.221 e. The van der Waals surface area contributed by atoms with Crippen LogP contribution in [0, 0.1) is 0 Å². The molecule has 1 fully saturated rings. The quantitative estimate of drug-likeness (QED) is 0.922. The molecule has 5 nitrogen and oxygen atoms in total. The number of aromatic nitrogens is 2. The van der Waals surface area contributed by atoms with Crippen LogP contribution in [0.4, 0.5) is 5.82 Å². The van der Waals surface area contributed by atoms with Gasteiger partial charge in [0, 0.05) is 26.1 Å². The molecule has 0 aliphatic carbocycles. The van der Waals surface area contributed by atoms with Gasteiger partial charge in [-0.25, -0.2) is 4.98 Å². The molecule has 0 spiro atoms. The molecule has 2 aromatic heterocycles. The zero-order valence-electron chi connectivity index (χ0n) is 11.7. The molecular formula is C14H16Cl2N4O. The molecule has 2 aromatic rings. The summed E-state index contributed by atoms with van der Waals surface area (Å²) in [6, 6.07) is 1.94. The summed E-state index contributed by atoms with van der Waals surface area (Å²) in [7, 11) is 0. The number of nitrogens with zero attached hydrogens (tertiary/aromatic N) is 3. The molecule has 112 valence electrons. The normalized spacial score (nSPS) is 16.1. The van der Waals surface area contributed by atoms with E-state index in [4.69, 9.17) is 23.2 Å². The number of carbonyl (C=O) groups excluding carboxylic acids is 1. The zero-order valence-corrected chi connectivity index (χ0v) is 13.2. The summed E-state index contributed by atoms with van der Waals surface area (Å²) < 4.78 is 1.93. The minimum Gasteiger partial charge on any atom is -0.355 e. The first-order valence-electron chi connectivity index (χ1n) is 6.97. The Balaban J connectivity index is 2.15. The Labute approximate surface area is 132 Å². The first-order valence-corrected chi connectivity index (χ1v) is 7.73. The van der Waals surface area contributed by atoms with Crippen LogP contribution >= 0.6 is 23.2 Å². The fourth-order valence-corrected chi connectivity index (χ4v) is 3.33. The third-order valence-electron chi connectivity index (χ3n) is 3.76. The van der Waals surface area contributed by atoms with Crippen molar-refractivity contribution in [1.82, 2.24) is 14.7 Å². The van der Waals surface area contributed by atoms with Crippen LogP contribution in [0.15, 0.2) is 12.4 Å². The molecule has 7 heteroatoms. The molecule has 0 saturated carbocycles. The molecule has 3 heterocycles. The molecule has 0 unspecified atom stereocenters. The minimum atomic E-state index is 0.0874. The van der Waals surface area contributed by atoms with E-state index in [0.29, 0.717) is 35.2 Å². The highest BCUT2D eigenvalue weighted by atomic mass is 35.5. The molecular weight excluding hydrogens is 311 g/mol. The van der Waals surface area contributed by atoms with E-state index < -0.39 is 0 Å². The summed E-state index contributed by atoms with van der Waals surface area (Å²) in [5, 5.41) is 3.88. The van der Waals surface area contributed by atoms with Crippen LogP contribution in [-0.4, -0.2) is 34.9 Å². The molecule has 0 atom stereocenters. The van der Waals surface area contributed by atoms with Crippen LogP contribution in [0.2, 0.25) is 10.2 Å². The van der Waals surface area contributed by atoms with Crippen molar-refractivity contribution >= 4 is 40.4 Å². The third kappa shape index (κ3) is 2.56. The number of fused-ring (bicyclic) bond motifs is 1. The van der Waals surface area contributed by atoms with Gasteiger partial charge >= 0.3 is 0 Å². The maximum absolute atomic E-state index is 11.5. The number of hydrogen-bond acceptors (Lipinski definition) is 3. The van der Waals surface area contributed by atoms with E-state index >= 15 is 0 Å². The predicted octanol–water partition coefficient (Wildman–Crippen LogP) is 2.53. The standard InChI is InChI=1S/C14H16Cl2N4O/c1-2-9-7-10(15)12-13(16)18-8-20(12)14(9)19-5-3-11(21)17-4-6-19/h7-8H,2-6H2,1H3,(H,17,21). The Morgan fingerprint density at radius 1 is 1.38 bits per heavy atom. The average Bonchev–Trinajstić information content (AvgIpc) is 2.72. The van der Waals surface area contributed by atoms with Gasteiger partial charge in [0.05, 0.1) is 5.02 Å². The lowest BCUT2D eigenvalue weighted by Crippen LogP contribution is -2.30.